The number of rotatable bonds is 5. The highest BCUT2D eigenvalue weighted by atomic mass is 16.2. The third-order valence-corrected chi connectivity index (χ3v) is 3.98. The number of hydrogen-bond donors (Lipinski definition) is 3. The molecule has 1 fully saturated rings. The van der Waals surface area contributed by atoms with Crippen LogP contribution >= 0.6 is 0 Å². The second kappa shape index (κ2) is 7.12. The van der Waals surface area contributed by atoms with Gasteiger partial charge in [0.25, 0.3) is 0 Å². The first-order chi connectivity index (χ1) is 11.6. The molecule has 1 aliphatic carbocycles. The summed E-state index contributed by atoms with van der Waals surface area (Å²) in [5.41, 5.74) is 2.46. The molecule has 1 aliphatic rings. The van der Waals surface area contributed by atoms with Crippen LogP contribution in [0.1, 0.15) is 26.2 Å². The van der Waals surface area contributed by atoms with E-state index in [1.54, 1.807) is 12.3 Å². The van der Waals surface area contributed by atoms with Gasteiger partial charge in [-0.1, -0.05) is 6.42 Å². The number of carbonyl (C=O) groups is 2. The van der Waals surface area contributed by atoms with Crippen molar-refractivity contribution in [1.82, 2.24) is 4.98 Å². The Morgan fingerprint density at radius 3 is 2.17 bits per heavy atom. The third-order valence-electron chi connectivity index (χ3n) is 3.98. The van der Waals surface area contributed by atoms with Crippen LogP contribution in [0.3, 0.4) is 0 Å². The number of benzene rings is 1. The van der Waals surface area contributed by atoms with Crippen molar-refractivity contribution in [3.05, 3.63) is 42.6 Å². The van der Waals surface area contributed by atoms with E-state index < -0.39 is 0 Å². The van der Waals surface area contributed by atoms with Crippen molar-refractivity contribution in [3.63, 3.8) is 0 Å². The summed E-state index contributed by atoms with van der Waals surface area (Å²) in [7, 11) is 0. The number of hydrogen-bond acceptors (Lipinski definition) is 4. The Hall–Kier alpha value is -2.89. The molecule has 6 nitrogen and oxygen atoms in total. The van der Waals surface area contributed by atoms with Crippen LogP contribution in [0.2, 0.25) is 0 Å². The fourth-order valence-corrected chi connectivity index (χ4v) is 2.45. The predicted octanol–water partition coefficient (Wildman–Crippen LogP) is 3.52. The molecule has 24 heavy (non-hydrogen) atoms. The Balaban J connectivity index is 1.57. The van der Waals surface area contributed by atoms with Gasteiger partial charge in [0.15, 0.2) is 0 Å². The molecule has 1 aromatic carbocycles. The Morgan fingerprint density at radius 2 is 1.62 bits per heavy atom. The van der Waals surface area contributed by atoms with Crippen LogP contribution in [0, 0.1) is 5.92 Å². The molecule has 0 spiro atoms. The van der Waals surface area contributed by atoms with E-state index >= 15 is 0 Å². The van der Waals surface area contributed by atoms with E-state index in [0.717, 1.165) is 36.3 Å². The lowest BCUT2D eigenvalue weighted by Gasteiger charge is -2.23. The fraction of sp³-hybridized carbons (Fsp3) is 0.278. The van der Waals surface area contributed by atoms with Crippen molar-refractivity contribution in [2.75, 3.05) is 16.0 Å². The predicted molar refractivity (Wildman–Crippen MR) is 94.2 cm³/mol. The van der Waals surface area contributed by atoms with Crippen molar-refractivity contribution in [3.8, 4) is 0 Å². The molecule has 0 radical (unpaired) electrons. The molecule has 0 aliphatic heterocycles. The Kier molecular flexibility index (Phi) is 4.74. The van der Waals surface area contributed by atoms with Crippen LogP contribution in [0.25, 0.3) is 0 Å². The summed E-state index contributed by atoms with van der Waals surface area (Å²) < 4.78 is 0. The topological polar surface area (TPSA) is 83.1 Å². The van der Waals surface area contributed by atoms with Gasteiger partial charge in [0, 0.05) is 24.2 Å². The number of aromatic nitrogens is 1. The standard InChI is InChI=1S/C18H20N4O2/c1-12(23)20-14-5-7-15(8-6-14)21-16-9-10-17(19-11-16)22-18(24)13-3-2-4-13/h5-11,13,21H,2-4H2,1H3,(H,20,23)(H,19,22,24). The van der Waals surface area contributed by atoms with E-state index in [4.69, 9.17) is 0 Å². The molecule has 2 aromatic rings. The van der Waals surface area contributed by atoms with Crippen LogP contribution in [-0.2, 0) is 9.59 Å². The van der Waals surface area contributed by atoms with Gasteiger partial charge in [-0.2, -0.15) is 0 Å². The minimum atomic E-state index is -0.0977. The second-order valence-electron chi connectivity index (χ2n) is 5.93. The second-order valence-corrected chi connectivity index (χ2v) is 5.93. The van der Waals surface area contributed by atoms with E-state index in [-0.39, 0.29) is 17.7 Å². The van der Waals surface area contributed by atoms with Gasteiger partial charge in [-0.3, -0.25) is 9.59 Å². The molecule has 0 bridgehead atoms. The van der Waals surface area contributed by atoms with Crippen LogP contribution in [0.15, 0.2) is 42.6 Å². The van der Waals surface area contributed by atoms with E-state index in [0.29, 0.717) is 5.82 Å². The van der Waals surface area contributed by atoms with Crippen molar-refractivity contribution in [2.24, 2.45) is 5.92 Å². The third kappa shape index (κ3) is 4.10. The molecule has 0 unspecified atom stereocenters. The maximum absolute atomic E-state index is 11.9. The summed E-state index contributed by atoms with van der Waals surface area (Å²) in [5, 5.41) is 8.79. The molecule has 1 heterocycles. The van der Waals surface area contributed by atoms with Gasteiger partial charge in [0.1, 0.15) is 5.82 Å². The first kappa shape index (κ1) is 16.0. The van der Waals surface area contributed by atoms with E-state index in [2.05, 4.69) is 20.9 Å². The largest absolute Gasteiger partial charge is 0.354 e. The highest BCUT2D eigenvalue weighted by molar-refractivity contribution is 5.92. The van der Waals surface area contributed by atoms with Gasteiger partial charge in [-0.25, -0.2) is 4.98 Å². The molecule has 6 heteroatoms. The van der Waals surface area contributed by atoms with Crippen molar-refractivity contribution >= 4 is 34.7 Å². The first-order valence-electron chi connectivity index (χ1n) is 8.02. The summed E-state index contributed by atoms with van der Waals surface area (Å²) in [6.45, 7) is 1.48. The average Bonchev–Trinajstić information content (AvgIpc) is 2.49. The van der Waals surface area contributed by atoms with E-state index in [9.17, 15) is 9.59 Å². The molecular weight excluding hydrogens is 304 g/mol. The summed E-state index contributed by atoms with van der Waals surface area (Å²) in [5.74, 6) is 0.674. The summed E-state index contributed by atoms with van der Waals surface area (Å²) >= 11 is 0. The van der Waals surface area contributed by atoms with Gasteiger partial charge < -0.3 is 16.0 Å². The molecule has 3 rings (SSSR count). The van der Waals surface area contributed by atoms with Crippen LogP contribution in [0.4, 0.5) is 22.9 Å². The van der Waals surface area contributed by atoms with Gasteiger partial charge in [-0.05, 0) is 49.2 Å². The number of pyridine rings is 1. The Morgan fingerprint density at radius 1 is 0.958 bits per heavy atom. The lowest BCUT2D eigenvalue weighted by molar-refractivity contribution is -0.122. The number of carbonyl (C=O) groups excluding carboxylic acids is 2. The quantitative estimate of drug-likeness (QED) is 0.786. The zero-order valence-corrected chi connectivity index (χ0v) is 13.5. The fourth-order valence-electron chi connectivity index (χ4n) is 2.45. The zero-order chi connectivity index (χ0) is 16.9. The Labute approximate surface area is 140 Å². The molecule has 3 N–H and O–H groups in total. The van der Waals surface area contributed by atoms with Crippen LogP contribution in [0.5, 0.6) is 0 Å². The maximum atomic E-state index is 11.9. The summed E-state index contributed by atoms with van der Waals surface area (Å²) in [6.07, 6.45) is 4.76. The molecule has 2 amide bonds. The first-order valence-corrected chi connectivity index (χ1v) is 8.02. The van der Waals surface area contributed by atoms with Crippen LogP contribution in [-0.4, -0.2) is 16.8 Å². The smallest absolute Gasteiger partial charge is 0.228 e. The van der Waals surface area contributed by atoms with Gasteiger partial charge >= 0.3 is 0 Å². The SMILES string of the molecule is CC(=O)Nc1ccc(Nc2ccc(NC(=O)C3CCC3)nc2)cc1. The summed E-state index contributed by atoms with van der Waals surface area (Å²) in [6, 6.07) is 11.0. The van der Waals surface area contributed by atoms with Crippen LogP contribution < -0.4 is 16.0 Å². The normalized spacial score (nSPS) is 13.7. The van der Waals surface area contributed by atoms with E-state index in [1.165, 1.54) is 6.92 Å². The molecule has 124 valence electrons. The lowest BCUT2D eigenvalue weighted by Crippen LogP contribution is -2.28. The average molecular weight is 324 g/mol. The molecule has 1 saturated carbocycles. The molecule has 1 aromatic heterocycles. The number of anilines is 4. The zero-order valence-electron chi connectivity index (χ0n) is 13.5. The summed E-state index contributed by atoms with van der Waals surface area (Å²) in [4.78, 5) is 27.1. The van der Waals surface area contributed by atoms with Crippen molar-refractivity contribution < 1.29 is 9.59 Å². The lowest BCUT2D eigenvalue weighted by atomic mass is 9.85. The van der Waals surface area contributed by atoms with E-state index in [1.807, 2.05) is 30.3 Å². The maximum Gasteiger partial charge on any atom is 0.228 e. The molecular formula is C18H20N4O2. The van der Waals surface area contributed by atoms with Gasteiger partial charge in [0.2, 0.25) is 11.8 Å². The Bertz CT molecular complexity index is 722. The monoisotopic (exact) mass is 324 g/mol. The van der Waals surface area contributed by atoms with Gasteiger partial charge in [-0.15, -0.1) is 0 Å². The molecule has 0 atom stereocenters. The number of amides is 2. The van der Waals surface area contributed by atoms with Crippen molar-refractivity contribution in [2.45, 2.75) is 26.2 Å². The number of nitrogens with one attached hydrogen (secondary N) is 3. The molecule has 0 saturated heterocycles. The highest BCUT2D eigenvalue weighted by Crippen LogP contribution is 2.27. The number of nitrogens with zero attached hydrogens (tertiary/aromatic N) is 1. The minimum absolute atomic E-state index is 0.0584. The van der Waals surface area contributed by atoms with Gasteiger partial charge in [0.05, 0.1) is 11.9 Å². The highest BCUT2D eigenvalue weighted by Gasteiger charge is 2.25. The minimum Gasteiger partial charge on any atom is -0.354 e. The van der Waals surface area contributed by atoms with Crippen molar-refractivity contribution in [1.29, 1.82) is 0 Å².